The third-order valence-corrected chi connectivity index (χ3v) is 2.57. The SMILES string of the molecule is COC(C)CNc1nc(C)cc(C)c1C(=N)N. The number of nitrogens with one attached hydrogen (secondary N) is 2. The summed E-state index contributed by atoms with van der Waals surface area (Å²) in [6, 6.07) is 1.92. The highest BCUT2D eigenvalue weighted by Gasteiger charge is 2.12. The minimum atomic E-state index is 0.0302. The van der Waals surface area contributed by atoms with Gasteiger partial charge < -0.3 is 15.8 Å². The smallest absolute Gasteiger partial charge is 0.137 e. The van der Waals surface area contributed by atoms with E-state index >= 15 is 0 Å². The van der Waals surface area contributed by atoms with Gasteiger partial charge in [-0.15, -0.1) is 0 Å². The number of hydrogen-bond acceptors (Lipinski definition) is 4. The van der Waals surface area contributed by atoms with Crippen LogP contribution in [0.1, 0.15) is 23.7 Å². The molecule has 1 aromatic rings. The Bertz CT molecular complexity index is 417. The van der Waals surface area contributed by atoms with E-state index in [1.54, 1.807) is 7.11 Å². The van der Waals surface area contributed by atoms with Gasteiger partial charge in [0.2, 0.25) is 0 Å². The third-order valence-electron chi connectivity index (χ3n) is 2.57. The first-order valence-electron chi connectivity index (χ1n) is 5.55. The largest absolute Gasteiger partial charge is 0.384 e. The molecule has 0 amide bonds. The summed E-state index contributed by atoms with van der Waals surface area (Å²) in [5, 5.41) is 10.8. The maximum Gasteiger partial charge on any atom is 0.137 e. The number of nitrogens with two attached hydrogens (primary N) is 1. The van der Waals surface area contributed by atoms with E-state index in [9.17, 15) is 0 Å². The van der Waals surface area contributed by atoms with E-state index in [0.717, 1.165) is 11.3 Å². The summed E-state index contributed by atoms with van der Waals surface area (Å²) in [4.78, 5) is 4.37. The summed E-state index contributed by atoms with van der Waals surface area (Å²) in [5.74, 6) is 0.682. The number of rotatable bonds is 5. The minimum absolute atomic E-state index is 0.0302. The van der Waals surface area contributed by atoms with Crippen molar-refractivity contribution >= 4 is 11.7 Å². The molecule has 0 aliphatic heterocycles. The van der Waals surface area contributed by atoms with Gasteiger partial charge in [-0.1, -0.05) is 0 Å². The van der Waals surface area contributed by atoms with Crippen LogP contribution in [0.4, 0.5) is 5.82 Å². The second-order valence-electron chi connectivity index (χ2n) is 4.15. The molecule has 0 aliphatic carbocycles. The van der Waals surface area contributed by atoms with Gasteiger partial charge in [-0.3, -0.25) is 5.41 Å². The van der Waals surface area contributed by atoms with Gasteiger partial charge in [-0.05, 0) is 32.4 Å². The van der Waals surface area contributed by atoms with Crippen LogP contribution < -0.4 is 11.1 Å². The number of nitrogens with zero attached hydrogens (tertiary/aromatic N) is 1. The summed E-state index contributed by atoms with van der Waals surface area (Å²) in [5.41, 5.74) is 8.10. The number of nitrogen functional groups attached to an aromatic ring is 1. The molecule has 1 aromatic heterocycles. The van der Waals surface area contributed by atoms with Crippen molar-refractivity contribution in [2.24, 2.45) is 5.73 Å². The lowest BCUT2D eigenvalue weighted by atomic mass is 10.1. The van der Waals surface area contributed by atoms with E-state index in [4.69, 9.17) is 15.9 Å². The van der Waals surface area contributed by atoms with E-state index in [1.807, 2.05) is 26.8 Å². The topological polar surface area (TPSA) is 84.0 Å². The van der Waals surface area contributed by atoms with Gasteiger partial charge in [0.25, 0.3) is 0 Å². The quantitative estimate of drug-likeness (QED) is 0.533. The lowest BCUT2D eigenvalue weighted by Crippen LogP contribution is -2.23. The first-order valence-corrected chi connectivity index (χ1v) is 5.55. The van der Waals surface area contributed by atoms with Crippen LogP contribution in [-0.2, 0) is 4.74 Å². The molecule has 1 heterocycles. The fraction of sp³-hybridized carbons (Fsp3) is 0.500. The van der Waals surface area contributed by atoms with Crippen molar-refractivity contribution in [1.82, 2.24) is 4.98 Å². The number of amidine groups is 1. The van der Waals surface area contributed by atoms with Gasteiger partial charge in [0.1, 0.15) is 11.7 Å². The molecule has 0 aromatic carbocycles. The maximum atomic E-state index is 7.58. The predicted molar refractivity (Wildman–Crippen MR) is 69.7 cm³/mol. The van der Waals surface area contributed by atoms with Crippen molar-refractivity contribution < 1.29 is 4.74 Å². The molecule has 0 fully saturated rings. The van der Waals surface area contributed by atoms with Gasteiger partial charge in [0.15, 0.2) is 0 Å². The zero-order valence-corrected chi connectivity index (χ0v) is 10.8. The molecule has 5 heteroatoms. The highest BCUT2D eigenvalue weighted by molar-refractivity contribution is 6.00. The molecule has 94 valence electrons. The third kappa shape index (κ3) is 3.42. The number of aryl methyl sites for hydroxylation is 2. The van der Waals surface area contributed by atoms with Crippen molar-refractivity contribution in [3.8, 4) is 0 Å². The Kier molecular flexibility index (Phi) is 4.45. The van der Waals surface area contributed by atoms with E-state index in [2.05, 4.69) is 10.3 Å². The highest BCUT2D eigenvalue weighted by Crippen LogP contribution is 2.18. The molecule has 1 rings (SSSR count). The second-order valence-corrected chi connectivity index (χ2v) is 4.15. The Labute approximate surface area is 102 Å². The van der Waals surface area contributed by atoms with Gasteiger partial charge in [0.05, 0.1) is 11.7 Å². The van der Waals surface area contributed by atoms with Crippen LogP contribution in [0.5, 0.6) is 0 Å². The average Bonchev–Trinajstić information content (AvgIpc) is 2.24. The van der Waals surface area contributed by atoms with Crippen molar-refractivity contribution in [2.75, 3.05) is 19.0 Å². The lowest BCUT2D eigenvalue weighted by Gasteiger charge is -2.16. The monoisotopic (exact) mass is 236 g/mol. The van der Waals surface area contributed by atoms with Crippen LogP contribution in [0.15, 0.2) is 6.07 Å². The standard InChI is InChI=1S/C12H20N4O/c1-7-5-8(2)16-12(10(7)11(13)14)15-6-9(3)17-4/h5,9H,6H2,1-4H3,(H3,13,14)(H,15,16). The zero-order chi connectivity index (χ0) is 13.0. The van der Waals surface area contributed by atoms with Crippen LogP contribution >= 0.6 is 0 Å². The number of pyridine rings is 1. The second kappa shape index (κ2) is 5.63. The zero-order valence-electron chi connectivity index (χ0n) is 10.8. The Morgan fingerprint density at radius 2 is 2.24 bits per heavy atom. The highest BCUT2D eigenvalue weighted by atomic mass is 16.5. The van der Waals surface area contributed by atoms with Gasteiger partial charge in [-0.2, -0.15) is 0 Å². The van der Waals surface area contributed by atoms with E-state index < -0.39 is 0 Å². The Morgan fingerprint density at radius 3 is 2.76 bits per heavy atom. The average molecular weight is 236 g/mol. The number of methoxy groups -OCH3 is 1. The maximum absolute atomic E-state index is 7.58. The summed E-state index contributed by atoms with van der Waals surface area (Å²) in [6.45, 7) is 6.44. The first-order chi connectivity index (χ1) is 7.95. The molecule has 0 aliphatic rings. The van der Waals surface area contributed by atoms with Crippen LogP contribution in [0.3, 0.4) is 0 Å². The molecule has 1 atom stereocenters. The minimum Gasteiger partial charge on any atom is -0.384 e. The van der Waals surface area contributed by atoms with Crippen molar-refractivity contribution in [2.45, 2.75) is 26.9 Å². The molecule has 4 N–H and O–H groups in total. The van der Waals surface area contributed by atoms with E-state index in [0.29, 0.717) is 17.9 Å². The molecule has 0 saturated carbocycles. The summed E-state index contributed by atoms with van der Waals surface area (Å²) in [6.07, 6.45) is 0.0810. The summed E-state index contributed by atoms with van der Waals surface area (Å²) in [7, 11) is 1.66. The molecule has 0 saturated heterocycles. The fourth-order valence-electron chi connectivity index (χ4n) is 1.63. The molecule has 0 radical (unpaired) electrons. The van der Waals surface area contributed by atoms with E-state index in [-0.39, 0.29) is 11.9 Å². The Morgan fingerprint density at radius 1 is 1.59 bits per heavy atom. The van der Waals surface area contributed by atoms with Gasteiger partial charge in [-0.25, -0.2) is 4.98 Å². The molecule has 0 bridgehead atoms. The van der Waals surface area contributed by atoms with Crippen molar-refractivity contribution in [3.05, 3.63) is 22.9 Å². The van der Waals surface area contributed by atoms with Crippen molar-refractivity contribution in [1.29, 1.82) is 5.41 Å². The fourth-order valence-corrected chi connectivity index (χ4v) is 1.63. The van der Waals surface area contributed by atoms with Gasteiger partial charge >= 0.3 is 0 Å². The predicted octanol–water partition coefficient (Wildman–Crippen LogP) is 1.43. The molecule has 1 unspecified atom stereocenters. The van der Waals surface area contributed by atoms with E-state index in [1.165, 1.54) is 0 Å². The number of hydrogen-bond donors (Lipinski definition) is 3. The van der Waals surface area contributed by atoms with Crippen molar-refractivity contribution in [3.63, 3.8) is 0 Å². The van der Waals surface area contributed by atoms with Crippen LogP contribution in [0.25, 0.3) is 0 Å². The summed E-state index contributed by atoms with van der Waals surface area (Å²) >= 11 is 0. The number of ether oxygens (including phenoxy) is 1. The van der Waals surface area contributed by atoms with Gasteiger partial charge in [0, 0.05) is 19.3 Å². The number of anilines is 1. The van der Waals surface area contributed by atoms with Crippen LogP contribution in [0.2, 0.25) is 0 Å². The molecule has 0 spiro atoms. The lowest BCUT2D eigenvalue weighted by molar-refractivity contribution is 0.128. The Balaban J connectivity index is 3.00. The summed E-state index contributed by atoms with van der Waals surface area (Å²) < 4.78 is 5.16. The normalized spacial score (nSPS) is 12.2. The molecular formula is C12H20N4O. The Hall–Kier alpha value is -1.62. The van der Waals surface area contributed by atoms with Crippen LogP contribution in [-0.4, -0.2) is 30.6 Å². The molecule has 17 heavy (non-hydrogen) atoms. The molecule has 5 nitrogen and oxygen atoms in total. The number of aromatic nitrogens is 1. The first kappa shape index (κ1) is 13.4. The molecular weight excluding hydrogens is 216 g/mol. The van der Waals surface area contributed by atoms with Crippen LogP contribution in [0, 0.1) is 19.3 Å².